The van der Waals surface area contributed by atoms with Crippen LogP contribution in [0.3, 0.4) is 0 Å². The van der Waals surface area contributed by atoms with Gasteiger partial charge in [-0.1, -0.05) is 12.7 Å². The van der Waals surface area contributed by atoms with Gasteiger partial charge in [0.05, 0.1) is 0 Å². The molecule has 1 aliphatic heterocycles. The Balaban J connectivity index is 1.74. The summed E-state index contributed by atoms with van der Waals surface area (Å²) in [6.45, 7) is 4.46. The van der Waals surface area contributed by atoms with Crippen LogP contribution in [0.25, 0.3) is 0 Å². The van der Waals surface area contributed by atoms with Crippen LogP contribution in [-0.2, 0) is 14.8 Å². The second-order valence-corrected chi connectivity index (χ2v) is 8.29. The number of carbonyl (C=O) groups is 1. The maximum absolute atomic E-state index is 12.6. The van der Waals surface area contributed by atoms with Crippen molar-refractivity contribution in [3.63, 3.8) is 0 Å². The molecular weight excluding hydrogens is 316 g/mol. The van der Waals surface area contributed by atoms with Crippen LogP contribution in [-0.4, -0.2) is 43.6 Å². The SMILES string of the molecule is C=CCOc1ccc(NC(=O)[C@@]23C[C@@H]2CCN(C)S3(=O)=O)cc1. The van der Waals surface area contributed by atoms with E-state index in [0.717, 1.165) is 6.42 Å². The average molecular weight is 336 g/mol. The number of hydrogen-bond acceptors (Lipinski definition) is 4. The Morgan fingerprint density at radius 2 is 2.17 bits per heavy atom. The Hall–Kier alpha value is -1.86. The summed E-state index contributed by atoms with van der Waals surface area (Å²) in [5.41, 5.74) is 0.560. The lowest BCUT2D eigenvalue weighted by Crippen LogP contribution is -2.50. The van der Waals surface area contributed by atoms with E-state index in [1.165, 1.54) is 11.4 Å². The summed E-state index contributed by atoms with van der Waals surface area (Å²) >= 11 is 0. The molecule has 1 saturated carbocycles. The van der Waals surface area contributed by atoms with Crippen molar-refractivity contribution in [2.75, 3.05) is 25.5 Å². The Morgan fingerprint density at radius 1 is 1.48 bits per heavy atom. The van der Waals surface area contributed by atoms with Gasteiger partial charge in [-0.2, -0.15) is 0 Å². The predicted molar refractivity (Wildman–Crippen MR) is 87.8 cm³/mol. The molecule has 1 aromatic rings. The van der Waals surface area contributed by atoms with Crippen molar-refractivity contribution in [1.82, 2.24) is 4.31 Å². The molecule has 1 heterocycles. The minimum atomic E-state index is -3.58. The lowest BCUT2D eigenvalue weighted by atomic mass is 10.2. The summed E-state index contributed by atoms with van der Waals surface area (Å²) < 4.78 is 30.4. The number of amides is 1. The van der Waals surface area contributed by atoms with Gasteiger partial charge in [-0.25, -0.2) is 12.7 Å². The Bertz CT molecular complexity index is 729. The highest BCUT2D eigenvalue weighted by atomic mass is 32.2. The van der Waals surface area contributed by atoms with Gasteiger partial charge >= 0.3 is 0 Å². The van der Waals surface area contributed by atoms with Crippen LogP contribution in [0.2, 0.25) is 0 Å². The van der Waals surface area contributed by atoms with Gasteiger partial charge in [0.25, 0.3) is 0 Å². The van der Waals surface area contributed by atoms with Crippen molar-refractivity contribution < 1.29 is 17.9 Å². The molecule has 1 saturated heterocycles. The van der Waals surface area contributed by atoms with Gasteiger partial charge in [0.2, 0.25) is 15.9 Å². The molecule has 1 amide bonds. The largest absolute Gasteiger partial charge is 0.490 e. The topological polar surface area (TPSA) is 75.7 Å². The smallest absolute Gasteiger partial charge is 0.247 e. The minimum Gasteiger partial charge on any atom is -0.490 e. The van der Waals surface area contributed by atoms with Gasteiger partial charge in [0.1, 0.15) is 12.4 Å². The molecular formula is C16H20N2O4S. The third-order valence-corrected chi connectivity index (χ3v) is 7.19. The van der Waals surface area contributed by atoms with Gasteiger partial charge < -0.3 is 10.1 Å². The number of sulfonamides is 1. The molecule has 0 bridgehead atoms. The van der Waals surface area contributed by atoms with Gasteiger partial charge in [-0.15, -0.1) is 0 Å². The molecule has 0 unspecified atom stereocenters. The van der Waals surface area contributed by atoms with E-state index in [9.17, 15) is 13.2 Å². The van der Waals surface area contributed by atoms with E-state index in [2.05, 4.69) is 11.9 Å². The van der Waals surface area contributed by atoms with Crippen LogP contribution in [0.1, 0.15) is 12.8 Å². The summed E-state index contributed by atoms with van der Waals surface area (Å²) in [5.74, 6) is 0.156. The number of rotatable bonds is 5. The average Bonchev–Trinajstić information content (AvgIpc) is 3.28. The molecule has 2 aliphatic rings. The normalized spacial score (nSPS) is 28.5. The Kier molecular flexibility index (Phi) is 3.93. The molecule has 1 aromatic carbocycles. The minimum absolute atomic E-state index is 0.0705. The first kappa shape index (κ1) is 16.0. The molecule has 23 heavy (non-hydrogen) atoms. The third-order valence-electron chi connectivity index (χ3n) is 4.58. The van der Waals surface area contributed by atoms with E-state index < -0.39 is 20.7 Å². The van der Waals surface area contributed by atoms with Crippen molar-refractivity contribution in [3.05, 3.63) is 36.9 Å². The highest BCUT2D eigenvalue weighted by Gasteiger charge is 2.71. The zero-order valence-corrected chi connectivity index (χ0v) is 13.8. The van der Waals surface area contributed by atoms with Gasteiger partial charge in [-0.3, -0.25) is 4.79 Å². The first-order valence-corrected chi connectivity index (χ1v) is 8.97. The Labute approximate surface area is 136 Å². The van der Waals surface area contributed by atoms with Gasteiger partial charge in [-0.05, 0) is 43.0 Å². The molecule has 0 spiro atoms. The van der Waals surface area contributed by atoms with Gasteiger partial charge in [0.15, 0.2) is 4.75 Å². The maximum atomic E-state index is 12.6. The summed E-state index contributed by atoms with van der Waals surface area (Å²) in [6.07, 6.45) is 2.79. The third kappa shape index (κ3) is 2.53. The summed E-state index contributed by atoms with van der Waals surface area (Å²) in [5, 5.41) is 2.73. The van der Waals surface area contributed by atoms with E-state index in [1.54, 1.807) is 30.3 Å². The van der Waals surface area contributed by atoms with Crippen LogP contribution in [0, 0.1) is 5.92 Å². The number of anilines is 1. The van der Waals surface area contributed by atoms with Crippen molar-refractivity contribution in [2.24, 2.45) is 5.92 Å². The van der Waals surface area contributed by atoms with Crippen molar-refractivity contribution in [3.8, 4) is 5.75 Å². The number of nitrogens with one attached hydrogen (secondary N) is 1. The number of hydrogen-bond donors (Lipinski definition) is 1. The summed E-state index contributed by atoms with van der Waals surface area (Å²) in [7, 11) is -2.05. The molecule has 6 nitrogen and oxygen atoms in total. The molecule has 7 heteroatoms. The second kappa shape index (κ2) is 5.65. The summed E-state index contributed by atoms with van der Waals surface area (Å²) in [6, 6.07) is 6.85. The fourth-order valence-electron chi connectivity index (χ4n) is 3.12. The van der Waals surface area contributed by atoms with E-state index >= 15 is 0 Å². The zero-order chi connectivity index (χ0) is 16.7. The standard InChI is InChI=1S/C16H20N2O4S/c1-3-10-22-14-6-4-13(5-7-14)17-15(19)16-11-12(16)8-9-18(2)23(16,20)21/h3-7,12H,1,8-11H2,2H3,(H,17,19)/t12-,16+/m0/s1. The number of ether oxygens (including phenoxy) is 1. The highest BCUT2D eigenvalue weighted by molar-refractivity contribution is 7.91. The first-order chi connectivity index (χ1) is 10.9. The molecule has 2 fully saturated rings. The monoisotopic (exact) mass is 336 g/mol. The predicted octanol–water partition coefficient (Wildman–Crippen LogP) is 1.61. The maximum Gasteiger partial charge on any atom is 0.247 e. The van der Waals surface area contributed by atoms with Crippen LogP contribution in [0.15, 0.2) is 36.9 Å². The van der Waals surface area contributed by atoms with Crippen LogP contribution in [0.5, 0.6) is 5.75 Å². The van der Waals surface area contributed by atoms with E-state index in [1.807, 2.05) is 0 Å². The van der Waals surface area contributed by atoms with E-state index in [0.29, 0.717) is 31.0 Å². The van der Waals surface area contributed by atoms with Crippen LogP contribution >= 0.6 is 0 Å². The number of benzene rings is 1. The molecule has 124 valence electrons. The highest BCUT2D eigenvalue weighted by Crippen LogP contribution is 2.56. The van der Waals surface area contributed by atoms with Crippen molar-refractivity contribution >= 4 is 21.6 Å². The molecule has 1 aliphatic carbocycles. The molecule has 2 atom stereocenters. The molecule has 1 N–H and O–H groups in total. The van der Waals surface area contributed by atoms with Crippen LogP contribution < -0.4 is 10.1 Å². The van der Waals surface area contributed by atoms with Gasteiger partial charge in [0, 0.05) is 19.3 Å². The summed E-state index contributed by atoms with van der Waals surface area (Å²) in [4.78, 5) is 12.6. The second-order valence-electron chi connectivity index (χ2n) is 5.98. The quantitative estimate of drug-likeness (QED) is 0.829. The van der Waals surface area contributed by atoms with E-state index in [-0.39, 0.29) is 5.92 Å². The van der Waals surface area contributed by atoms with Crippen molar-refractivity contribution in [2.45, 2.75) is 17.6 Å². The molecule has 3 rings (SSSR count). The van der Waals surface area contributed by atoms with E-state index in [4.69, 9.17) is 4.74 Å². The molecule has 0 aromatic heterocycles. The fourth-order valence-corrected chi connectivity index (χ4v) is 5.25. The Morgan fingerprint density at radius 3 is 2.83 bits per heavy atom. The first-order valence-electron chi connectivity index (χ1n) is 7.53. The molecule has 0 radical (unpaired) electrons. The van der Waals surface area contributed by atoms with Crippen LogP contribution in [0.4, 0.5) is 5.69 Å². The van der Waals surface area contributed by atoms with Crippen molar-refractivity contribution in [1.29, 1.82) is 0 Å². The zero-order valence-electron chi connectivity index (χ0n) is 13.0. The lowest BCUT2D eigenvalue weighted by molar-refractivity contribution is -0.117. The number of nitrogens with zero attached hydrogens (tertiary/aromatic N) is 1. The number of carbonyl (C=O) groups excluding carboxylic acids is 1. The number of fused-ring (bicyclic) bond motifs is 1. The lowest BCUT2D eigenvalue weighted by Gasteiger charge is -2.28. The fraction of sp³-hybridized carbons (Fsp3) is 0.438.